The molecule has 2 aliphatic rings. The Morgan fingerprint density at radius 2 is 2.14 bits per heavy atom. The minimum atomic E-state index is -0.183. The maximum atomic E-state index is 6.14. The van der Waals surface area contributed by atoms with Gasteiger partial charge in [-0.2, -0.15) is 0 Å². The van der Waals surface area contributed by atoms with E-state index >= 15 is 0 Å². The molecule has 3 aromatic heterocycles. The highest BCUT2D eigenvalue weighted by Crippen LogP contribution is 2.43. The Bertz CT molecular complexity index is 1070. The number of rotatable bonds is 4. The smallest absolute Gasteiger partial charge is 0.147 e. The lowest BCUT2D eigenvalue weighted by atomic mass is 9.87. The molecule has 0 unspecified atom stereocenters. The van der Waals surface area contributed by atoms with Crippen molar-refractivity contribution in [3.8, 4) is 0 Å². The van der Waals surface area contributed by atoms with Gasteiger partial charge in [-0.05, 0) is 38.2 Å². The van der Waals surface area contributed by atoms with Gasteiger partial charge in [0.15, 0.2) is 0 Å². The van der Waals surface area contributed by atoms with Crippen molar-refractivity contribution < 1.29 is 9.47 Å². The number of nitrogens with one attached hydrogen (secondary N) is 1. The highest BCUT2D eigenvalue weighted by molar-refractivity contribution is 7.26. The third kappa shape index (κ3) is 3.39. The lowest BCUT2D eigenvalue weighted by Crippen LogP contribution is -2.32. The first-order chi connectivity index (χ1) is 13.9. The van der Waals surface area contributed by atoms with Gasteiger partial charge in [-0.1, -0.05) is 13.8 Å². The summed E-state index contributed by atoms with van der Waals surface area (Å²) in [5, 5.41) is 4.69. The molecule has 0 spiro atoms. The first kappa shape index (κ1) is 19.2. The van der Waals surface area contributed by atoms with Gasteiger partial charge < -0.3 is 14.8 Å². The van der Waals surface area contributed by atoms with Crippen LogP contribution in [0.3, 0.4) is 0 Å². The van der Waals surface area contributed by atoms with Crippen LogP contribution < -0.4 is 5.32 Å². The summed E-state index contributed by atoms with van der Waals surface area (Å²) in [6.45, 7) is 11.0. The lowest BCUT2D eigenvalue weighted by molar-refractivity contribution is -0.0402. The fourth-order valence-corrected chi connectivity index (χ4v) is 5.58. The van der Waals surface area contributed by atoms with Crippen LogP contribution in [0, 0.1) is 0 Å². The minimum Gasteiger partial charge on any atom is -0.376 e. The molecule has 0 aromatic carbocycles. The number of hydrogen-bond donors (Lipinski definition) is 1. The molecule has 29 heavy (non-hydrogen) atoms. The van der Waals surface area contributed by atoms with E-state index in [4.69, 9.17) is 14.5 Å². The van der Waals surface area contributed by atoms with Crippen LogP contribution >= 0.6 is 11.3 Å². The normalized spacial score (nSPS) is 21.2. The van der Waals surface area contributed by atoms with Gasteiger partial charge in [-0.15, -0.1) is 11.3 Å². The maximum absolute atomic E-state index is 6.14. The number of ether oxygens (including phenoxy) is 2. The number of aromatic nitrogens is 3. The molecule has 0 radical (unpaired) electrons. The van der Waals surface area contributed by atoms with Crippen LogP contribution in [0.2, 0.25) is 0 Å². The van der Waals surface area contributed by atoms with Crippen molar-refractivity contribution >= 4 is 37.6 Å². The number of pyridine rings is 1. The van der Waals surface area contributed by atoms with E-state index in [2.05, 4.69) is 43.0 Å². The zero-order valence-corrected chi connectivity index (χ0v) is 18.4. The molecule has 2 aliphatic heterocycles. The number of thiophene rings is 1. The van der Waals surface area contributed by atoms with E-state index in [0.29, 0.717) is 12.5 Å². The second-order valence-electron chi connectivity index (χ2n) is 9.03. The molecule has 0 amide bonds. The molecule has 0 aliphatic carbocycles. The Hall–Kier alpha value is -1.83. The summed E-state index contributed by atoms with van der Waals surface area (Å²) in [7, 11) is 0. The standard InChI is InChI=1S/C22H28N4O2S/c1-12(2)17-15-10-28-22(3,4)8-14(15)16-18-19(29-21(16)26-17)20(25-11-24-18)23-9-13-6-5-7-27-13/h11-13H,5-10H2,1-4H3,(H,23,24,25)/t13-/m0/s1. The third-order valence-electron chi connectivity index (χ3n) is 5.93. The Morgan fingerprint density at radius 1 is 1.28 bits per heavy atom. The molecule has 5 heterocycles. The molecule has 1 N–H and O–H groups in total. The van der Waals surface area contributed by atoms with Crippen LogP contribution in [0.5, 0.6) is 0 Å². The van der Waals surface area contributed by atoms with Crippen molar-refractivity contribution in [2.75, 3.05) is 18.5 Å². The van der Waals surface area contributed by atoms with Gasteiger partial charge in [-0.25, -0.2) is 15.0 Å². The Morgan fingerprint density at radius 3 is 2.90 bits per heavy atom. The van der Waals surface area contributed by atoms with Crippen LogP contribution in [-0.4, -0.2) is 39.8 Å². The van der Waals surface area contributed by atoms with E-state index in [-0.39, 0.29) is 11.7 Å². The fraction of sp³-hybridized carbons (Fsp3) is 0.591. The zero-order valence-electron chi connectivity index (χ0n) is 17.5. The van der Waals surface area contributed by atoms with Crippen molar-refractivity contribution in [2.45, 2.75) is 71.2 Å². The topological polar surface area (TPSA) is 69.2 Å². The minimum absolute atomic E-state index is 0.183. The van der Waals surface area contributed by atoms with Crippen LogP contribution in [0.25, 0.3) is 20.4 Å². The van der Waals surface area contributed by atoms with Crippen molar-refractivity contribution in [1.29, 1.82) is 0 Å². The van der Waals surface area contributed by atoms with Crippen LogP contribution in [0.4, 0.5) is 5.82 Å². The number of hydrogen-bond acceptors (Lipinski definition) is 7. The predicted octanol–water partition coefficient (Wildman–Crippen LogP) is 4.81. The van der Waals surface area contributed by atoms with Gasteiger partial charge >= 0.3 is 0 Å². The monoisotopic (exact) mass is 412 g/mol. The average molecular weight is 413 g/mol. The molecule has 3 aromatic rings. The van der Waals surface area contributed by atoms with Crippen molar-refractivity contribution in [1.82, 2.24) is 15.0 Å². The molecule has 1 atom stereocenters. The molecule has 1 fully saturated rings. The molecule has 0 bridgehead atoms. The highest BCUT2D eigenvalue weighted by atomic mass is 32.1. The number of anilines is 1. The largest absolute Gasteiger partial charge is 0.376 e. The van der Waals surface area contributed by atoms with E-state index in [1.54, 1.807) is 17.7 Å². The van der Waals surface area contributed by atoms with Gasteiger partial charge in [-0.3, -0.25) is 0 Å². The predicted molar refractivity (Wildman–Crippen MR) is 117 cm³/mol. The maximum Gasteiger partial charge on any atom is 0.147 e. The molecule has 6 nitrogen and oxygen atoms in total. The Kier molecular flexibility index (Phi) is 4.72. The number of fused-ring (bicyclic) bond motifs is 5. The quantitative estimate of drug-likeness (QED) is 0.663. The summed E-state index contributed by atoms with van der Waals surface area (Å²) in [4.78, 5) is 15.4. The summed E-state index contributed by atoms with van der Waals surface area (Å²) in [5.74, 6) is 1.24. The first-order valence-electron chi connectivity index (χ1n) is 10.5. The summed E-state index contributed by atoms with van der Waals surface area (Å²) < 4.78 is 13.0. The second kappa shape index (κ2) is 7.15. The first-order valence-corrected chi connectivity index (χ1v) is 11.3. The van der Waals surface area contributed by atoms with Gasteiger partial charge in [0.25, 0.3) is 0 Å². The molecule has 7 heteroatoms. The summed E-state index contributed by atoms with van der Waals surface area (Å²) in [5.41, 5.74) is 4.57. The van der Waals surface area contributed by atoms with Gasteiger partial charge in [0.1, 0.15) is 17.0 Å². The summed E-state index contributed by atoms with van der Waals surface area (Å²) >= 11 is 1.70. The third-order valence-corrected chi connectivity index (χ3v) is 7.01. The fourth-order valence-electron chi connectivity index (χ4n) is 4.45. The summed E-state index contributed by atoms with van der Waals surface area (Å²) in [6, 6.07) is 0. The second-order valence-corrected chi connectivity index (χ2v) is 10.0. The van der Waals surface area contributed by atoms with E-state index < -0.39 is 0 Å². The molecule has 0 saturated carbocycles. The molecule has 5 rings (SSSR count). The van der Waals surface area contributed by atoms with Crippen molar-refractivity contribution in [3.63, 3.8) is 0 Å². The number of nitrogens with zero attached hydrogens (tertiary/aromatic N) is 3. The SMILES string of the molecule is CC(C)c1nc2sc3c(NC[C@@H]4CCCO4)ncnc3c2c2c1COC(C)(C)C2. The summed E-state index contributed by atoms with van der Waals surface area (Å²) in [6.07, 6.45) is 5.05. The Labute approximate surface area is 175 Å². The van der Waals surface area contributed by atoms with Gasteiger partial charge in [0.05, 0.1) is 34.2 Å². The van der Waals surface area contributed by atoms with Crippen molar-refractivity contribution in [3.05, 3.63) is 23.1 Å². The molecule has 1 saturated heterocycles. The van der Waals surface area contributed by atoms with Crippen LogP contribution in [0.15, 0.2) is 6.33 Å². The molecular formula is C22H28N4O2S. The molecule has 154 valence electrons. The zero-order chi connectivity index (χ0) is 20.2. The van der Waals surface area contributed by atoms with E-state index in [9.17, 15) is 0 Å². The average Bonchev–Trinajstić information content (AvgIpc) is 3.32. The van der Waals surface area contributed by atoms with Crippen LogP contribution in [-0.2, 0) is 22.5 Å². The highest BCUT2D eigenvalue weighted by Gasteiger charge is 2.32. The van der Waals surface area contributed by atoms with Gasteiger partial charge in [0, 0.05) is 30.5 Å². The van der Waals surface area contributed by atoms with Crippen molar-refractivity contribution in [2.24, 2.45) is 0 Å². The van der Waals surface area contributed by atoms with Gasteiger partial charge in [0.2, 0.25) is 0 Å². The van der Waals surface area contributed by atoms with Crippen LogP contribution in [0.1, 0.15) is 63.3 Å². The lowest BCUT2D eigenvalue weighted by Gasteiger charge is -2.33. The molecular weight excluding hydrogens is 384 g/mol. The van der Waals surface area contributed by atoms with E-state index in [1.807, 2.05) is 0 Å². The Balaban J connectivity index is 1.66. The van der Waals surface area contributed by atoms with E-state index in [1.165, 1.54) is 16.5 Å². The van der Waals surface area contributed by atoms with E-state index in [0.717, 1.165) is 59.0 Å².